The molecular formula is C21H20N8O3S2. The molecular weight excluding hydrogens is 476 g/mol. The van der Waals surface area contributed by atoms with Gasteiger partial charge in [-0.2, -0.15) is 0 Å². The van der Waals surface area contributed by atoms with Crippen LogP contribution >= 0.6 is 11.8 Å². The highest BCUT2D eigenvalue weighted by atomic mass is 32.2. The van der Waals surface area contributed by atoms with Crippen molar-refractivity contribution in [2.75, 3.05) is 10.0 Å². The molecule has 0 saturated carbocycles. The van der Waals surface area contributed by atoms with E-state index in [2.05, 4.69) is 35.5 Å². The fraction of sp³-hybridized carbons (Fsp3) is 0.143. The van der Waals surface area contributed by atoms with Gasteiger partial charge in [0.2, 0.25) is 17.0 Å². The van der Waals surface area contributed by atoms with Crippen molar-refractivity contribution in [2.45, 2.75) is 28.8 Å². The average Bonchev–Trinajstić information content (AvgIpc) is 3.26. The molecule has 0 radical (unpaired) electrons. The number of aromatic nitrogens is 6. The zero-order valence-electron chi connectivity index (χ0n) is 17.9. The number of carbonyl (C=O) groups excluding carboxylic acids is 1. The summed E-state index contributed by atoms with van der Waals surface area (Å²) in [5, 5.41) is 14.5. The van der Waals surface area contributed by atoms with Crippen molar-refractivity contribution in [3.05, 3.63) is 78.6 Å². The highest BCUT2D eigenvalue weighted by molar-refractivity contribution is 8.00. The Balaban J connectivity index is 1.36. The minimum absolute atomic E-state index is 0.0143. The summed E-state index contributed by atoms with van der Waals surface area (Å²) in [6, 6.07) is 17.1. The van der Waals surface area contributed by atoms with E-state index in [1.807, 2.05) is 30.3 Å². The second kappa shape index (κ2) is 10.4. The fourth-order valence-electron chi connectivity index (χ4n) is 2.84. The Morgan fingerprint density at radius 3 is 2.44 bits per heavy atom. The van der Waals surface area contributed by atoms with Crippen LogP contribution in [0.15, 0.2) is 83.1 Å². The molecule has 1 atom stereocenters. The van der Waals surface area contributed by atoms with Crippen LogP contribution in [-0.4, -0.2) is 49.8 Å². The SMILES string of the molecule is CC(Sc1nnnn1Cc1ccccc1)C(=O)Nc1ccc(S(=O)(=O)Nc2ncccn2)cc1. The van der Waals surface area contributed by atoms with Crippen LogP contribution in [0.1, 0.15) is 12.5 Å². The summed E-state index contributed by atoms with van der Waals surface area (Å²) in [7, 11) is -3.86. The summed E-state index contributed by atoms with van der Waals surface area (Å²) >= 11 is 1.23. The molecule has 0 saturated heterocycles. The summed E-state index contributed by atoms with van der Waals surface area (Å²) in [6.07, 6.45) is 2.87. The van der Waals surface area contributed by atoms with Crippen LogP contribution in [0.5, 0.6) is 0 Å². The molecule has 34 heavy (non-hydrogen) atoms. The fourth-order valence-corrected chi connectivity index (χ4v) is 4.59. The predicted molar refractivity (Wildman–Crippen MR) is 127 cm³/mol. The maximum absolute atomic E-state index is 12.7. The lowest BCUT2D eigenvalue weighted by Crippen LogP contribution is -2.23. The molecule has 2 aromatic carbocycles. The Hall–Kier alpha value is -3.84. The number of rotatable bonds is 9. The van der Waals surface area contributed by atoms with E-state index in [9.17, 15) is 13.2 Å². The van der Waals surface area contributed by atoms with Gasteiger partial charge in [-0.05, 0) is 53.2 Å². The van der Waals surface area contributed by atoms with Crippen LogP contribution in [-0.2, 0) is 21.4 Å². The zero-order chi connectivity index (χ0) is 24.0. The number of anilines is 2. The van der Waals surface area contributed by atoms with Gasteiger partial charge in [0.15, 0.2) is 0 Å². The maximum atomic E-state index is 12.7. The average molecular weight is 497 g/mol. The number of amides is 1. The molecule has 0 aliphatic carbocycles. The number of carbonyl (C=O) groups is 1. The molecule has 4 aromatic rings. The van der Waals surface area contributed by atoms with Gasteiger partial charge in [0, 0.05) is 18.1 Å². The van der Waals surface area contributed by atoms with Crippen LogP contribution in [0.3, 0.4) is 0 Å². The number of nitrogens with zero attached hydrogens (tertiary/aromatic N) is 6. The Morgan fingerprint density at radius 2 is 1.74 bits per heavy atom. The minimum Gasteiger partial charge on any atom is -0.325 e. The largest absolute Gasteiger partial charge is 0.325 e. The minimum atomic E-state index is -3.86. The van der Waals surface area contributed by atoms with E-state index in [-0.39, 0.29) is 16.8 Å². The van der Waals surface area contributed by atoms with Gasteiger partial charge < -0.3 is 5.32 Å². The normalized spacial score (nSPS) is 12.1. The van der Waals surface area contributed by atoms with E-state index in [0.717, 1.165) is 5.56 Å². The van der Waals surface area contributed by atoms with E-state index in [1.165, 1.54) is 48.4 Å². The number of benzene rings is 2. The highest BCUT2D eigenvalue weighted by Gasteiger charge is 2.20. The number of nitrogens with one attached hydrogen (secondary N) is 2. The summed E-state index contributed by atoms with van der Waals surface area (Å²) in [6.45, 7) is 2.23. The van der Waals surface area contributed by atoms with Crippen molar-refractivity contribution < 1.29 is 13.2 Å². The summed E-state index contributed by atoms with van der Waals surface area (Å²) < 4.78 is 28.9. The van der Waals surface area contributed by atoms with Crippen molar-refractivity contribution in [2.24, 2.45) is 0 Å². The van der Waals surface area contributed by atoms with E-state index in [1.54, 1.807) is 17.7 Å². The standard InChI is InChI=1S/C21H20N8O3S2/c1-15(33-21-25-27-28-29(21)14-16-6-3-2-4-7-16)19(30)24-17-8-10-18(11-9-17)34(31,32)26-20-22-12-5-13-23-20/h2-13,15H,14H2,1H3,(H,24,30)(H,22,23,26). The van der Waals surface area contributed by atoms with Crippen molar-refractivity contribution in [3.63, 3.8) is 0 Å². The quantitative estimate of drug-likeness (QED) is 0.334. The molecule has 1 unspecified atom stereocenters. The van der Waals surface area contributed by atoms with Crippen LogP contribution in [0.25, 0.3) is 0 Å². The number of thioether (sulfide) groups is 1. The van der Waals surface area contributed by atoms with E-state index < -0.39 is 15.3 Å². The van der Waals surface area contributed by atoms with E-state index in [0.29, 0.717) is 17.4 Å². The topological polar surface area (TPSA) is 145 Å². The number of sulfonamides is 1. The number of hydrogen-bond acceptors (Lipinski definition) is 9. The predicted octanol–water partition coefficient (Wildman–Crippen LogP) is 2.43. The Kier molecular flexibility index (Phi) is 7.13. The highest BCUT2D eigenvalue weighted by Crippen LogP contribution is 2.23. The monoisotopic (exact) mass is 496 g/mol. The first-order valence-electron chi connectivity index (χ1n) is 10.1. The van der Waals surface area contributed by atoms with Gasteiger partial charge in [-0.3, -0.25) is 4.79 Å². The van der Waals surface area contributed by atoms with E-state index >= 15 is 0 Å². The van der Waals surface area contributed by atoms with Gasteiger partial charge in [-0.25, -0.2) is 27.8 Å². The first-order valence-corrected chi connectivity index (χ1v) is 12.4. The maximum Gasteiger partial charge on any atom is 0.264 e. The molecule has 0 aliphatic heterocycles. The molecule has 11 nitrogen and oxygen atoms in total. The number of tetrazole rings is 1. The molecule has 2 aromatic heterocycles. The first kappa shape index (κ1) is 23.3. The van der Waals surface area contributed by atoms with Crippen molar-refractivity contribution in [3.8, 4) is 0 Å². The lowest BCUT2D eigenvalue weighted by molar-refractivity contribution is -0.115. The van der Waals surface area contributed by atoms with Gasteiger partial charge in [0.1, 0.15) is 0 Å². The lowest BCUT2D eigenvalue weighted by atomic mass is 10.2. The third kappa shape index (κ3) is 5.94. The van der Waals surface area contributed by atoms with Crippen LogP contribution in [0.2, 0.25) is 0 Å². The lowest BCUT2D eigenvalue weighted by Gasteiger charge is -2.12. The molecule has 1 amide bonds. The molecule has 13 heteroatoms. The molecule has 0 spiro atoms. The first-order chi connectivity index (χ1) is 16.4. The molecule has 4 rings (SSSR count). The third-order valence-corrected chi connectivity index (χ3v) is 6.96. The van der Waals surface area contributed by atoms with Crippen molar-refractivity contribution in [1.82, 2.24) is 30.2 Å². The van der Waals surface area contributed by atoms with Crippen LogP contribution in [0.4, 0.5) is 11.6 Å². The van der Waals surface area contributed by atoms with Gasteiger partial charge in [-0.15, -0.1) is 5.10 Å². The molecule has 0 aliphatic rings. The Morgan fingerprint density at radius 1 is 1.03 bits per heavy atom. The van der Waals surface area contributed by atoms with Crippen molar-refractivity contribution in [1.29, 1.82) is 0 Å². The van der Waals surface area contributed by atoms with E-state index in [4.69, 9.17) is 0 Å². The second-order valence-electron chi connectivity index (χ2n) is 7.06. The van der Waals surface area contributed by atoms with Crippen molar-refractivity contribution >= 4 is 39.3 Å². The Labute approximate surface area is 200 Å². The van der Waals surface area contributed by atoms with Crippen LogP contribution in [0, 0.1) is 0 Å². The summed E-state index contributed by atoms with van der Waals surface area (Å²) in [5.41, 5.74) is 1.49. The molecule has 0 fully saturated rings. The number of hydrogen-bond donors (Lipinski definition) is 2. The van der Waals surface area contributed by atoms with Crippen LogP contribution < -0.4 is 10.0 Å². The Bertz CT molecular complexity index is 1350. The molecule has 2 N–H and O–H groups in total. The summed E-state index contributed by atoms with van der Waals surface area (Å²) in [5.74, 6) is -0.300. The van der Waals surface area contributed by atoms with Gasteiger partial charge in [0.05, 0.1) is 16.7 Å². The van der Waals surface area contributed by atoms with Gasteiger partial charge in [0.25, 0.3) is 10.0 Å². The third-order valence-electron chi connectivity index (χ3n) is 4.55. The zero-order valence-corrected chi connectivity index (χ0v) is 19.6. The van der Waals surface area contributed by atoms with Gasteiger partial charge in [-0.1, -0.05) is 42.1 Å². The smallest absolute Gasteiger partial charge is 0.264 e. The second-order valence-corrected chi connectivity index (χ2v) is 10.0. The summed E-state index contributed by atoms with van der Waals surface area (Å²) in [4.78, 5) is 20.4. The molecule has 2 heterocycles. The van der Waals surface area contributed by atoms with Gasteiger partial charge >= 0.3 is 0 Å². The molecule has 174 valence electrons. The molecule has 0 bridgehead atoms.